The highest BCUT2D eigenvalue weighted by molar-refractivity contribution is 5.83. The second-order valence-corrected chi connectivity index (χ2v) is 5.55. The molecule has 21 heavy (non-hydrogen) atoms. The lowest BCUT2D eigenvalue weighted by Crippen LogP contribution is -2.38. The van der Waals surface area contributed by atoms with Crippen LogP contribution in [0.2, 0.25) is 0 Å². The van der Waals surface area contributed by atoms with Gasteiger partial charge in [-0.05, 0) is 36.1 Å². The molecule has 1 heterocycles. The molecule has 0 aliphatic rings. The molecule has 3 rings (SSSR count). The Kier molecular flexibility index (Phi) is 3.72. The molecule has 1 aromatic heterocycles. The van der Waals surface area contributed by atoms with E-state index >= 15 is 0 Å². The third kappa shape index (κ3) is 2.67. The Morgan fingerprint density at radius 3 is 2.52 bits per heavy atom. The van der Waals surface area contributed by atoms with Gasteiger partial charge in [-0.1, -0.05) is 55.5 Å². The van der Waals surface area contributed by atoms with Crippen molar-refractivity contribution in [2.75, 3.05) is 0 Å². The van der Waals surface area contributed by atoms with E-state index in [1.807, 2.05) is 30.5 Å². The van der Waals surface area contributed by atoms with Crippen LogP contribution in [0, 0.1) is 0 Å². The molecule has 0 saturated heterocycles. The van der Waals surface area contributed by atoms with Gasteiger partial charge in [0.1, 0.15) is 0 Å². The van der Waals surface area contributed by atoms with Gasteiger partial charge in [-0.3, -0.25) is 4.98 Å². The lowest BCUT2D eigenvalue weighted by Gasteiger charge is -2.30. The highest BCUT2D eigenvalue weighted by Gasteiger charge is 2.27. The highest BCUT2D eigenvalue weighted by Crippen LogP contribution is 2.31. The molecule has 0 bridgehead atoms. The summed E-state index contributed by atoms with van der Waals surface area (Å²) in [5.41, 5.74) is 9.87. The van der Waals surface area contributed by atoms with Crippen molar-refractivity contribution in [3.63, 3.8) is 0 Å². The van der Waals surface area contributed by atoms with E-state index in [1.54, 1.807) is 0 Å². The minimum absolute atomic E-state index is 0.371. The lowest BCUT2D eigenvalue weighted by atomic mass is 9.81. The van der Waals surface area contributed by atoms with E-state index in [0.717, 1.165) is 23.7 Å². The predicted molar refractivity (Wildman–Crippen MR) is 88.0 cm³/mol. The number of fused-ring (bicyclic) bond motifs is 1. The fraction of sp³-hybridized carbons (Fsp3) is 0.211. The summed E-state index contributed by atoms with van der Waals surface area (Å²) in [7, 11) is 0. The second-order valence-electron chi connectivity index (χ2n) is 5.55. The van der Waals surface area contributed by atoms with Crippen molar-refractivity contribution in [1.82, 2.24) is 4.98 Å². The van der Waals surface area contributed by atoms with E-state index in [4.69, 9.17) is 5.73 Å². The van der Waals surface area contributed by atoms with Crippen LogP contribution in [0.3, 0.4) is 0 Å². The van der Waals surface area contributed by atoms with E-state index in [1.165, 1.54) is 11.1 Å². The molecule has 0 aliphatic carbocycles. The monoisotopic (exact) mass is 276 g/mol. The molecule has 0 aliphatic heterocycles. The number of hydrogen-bond donors (Lipinski definition) is 1. The van der Waals surface area contributed by atoms with Crippen molar-refractivity contribution in [1.29, 1.82) is 0 Å². The van der Waals surface area contributed by atoms with Gasteiger partial charge in [0.2, 0.25) is 0 Å². The summed E-state index contributed by atoms with van der Waals surface area (Å²) in [5.74, 6) is 0. The molecule has 106 valence electrons. The Labute approximate surface area is 125 Å². The molecule has 0 fully saturated rings. The summed E-state index contributed by atoms with van der Waals surface area (Å²) in [4.78, 5) is 4.44. The van der Waals surface area contributed by atoms with E-state index in [9.17, 15) is 0 Å². The average molecular weight is 276 g/mol. The van der Waals surface area contributed by atoms with Crippen LogP contribution in [-0.4, -0.2) is 4.98 Å². The molecule has 2 heteroatoms. The van der Waals surface area contributed by atoms with Crippen LogP contribution in [0.5, 0.6) is 0 Å². The first-order valence-corrected chi connectivity index (χ1v) is 7.40. The fourth-order valence-corrected chi connectivity index (χ4v) is 2.91. The highest BCUT2D eigenvalue weighted by atomic mass is 14.7. The molecule has 1 unspecified atom stereocenters. The van der Waals surface area contributed by atoms with Crippen molar-refractivity contribution >= 4 is 10.9 Å². The van der Waals surface area contributed by atoms with Gasteiger partial charge in [0.25, 0.3) is 0 Å². The minimum atomic E-state index is -0.371. The van der Waals surface area contributed by atoms with E-state index in [-0.39, 0.29) is 5.54 Å². The van der Waals surface area contributed by atoms with E-state index < -0.39 is 0 Å². The maximum absolute atomic E-state index is 6.79. The summed E-state index contributed by atoms with van der Waals surface area (Å²) < 4.78 is 0. The molecule has 2 N–H and O–H groups in total. The lowest BCUT2D eigenvalue weighted by molar-refractivity contribution is 0.428. The van der Waals surface area contributed by atoms with Crippen molar-refractivity contribution in [2.45, 2.75) is 25.3 Å². The van der Waals surface area contributed by atoms with Gasteiger partial charge >= 0.3 is 0 Å². The number of hydrogen-bond acceptors (Lipinski definition) is 2. The molecular formula is C19H20N2. The van der Waals surface area contributed by atoms with Gasteiger partial charge in [0.15, 0.2) is 0 Å². The van der Waals surface area contributed by atoms with Gasteiger partial charge in [-0.15, -0.1) is 0 Å². The van der Waals surface area contributed by atoms with Crippen molar-refractivity contribution < 1.29 is 0 Å². The molecular weight excluding hydrogens is 256 g/mol. The molecule has 0 saturated carbocycles. The zero-order chi connectivity index (χ0) is 14.7. The third-order valence-electron chi connectivity index (χ3n) is 4.18. The first kappa shape index (κ1) is 13.8. The summed E-state index contributed by atoms with van der Waals surface area (Å²) in [6.45, 7) is 2.15. The summed E-state index contributed by atoms with van der Waals surface area (Å²) in [6, 6.07) is 20.8. The van der Waals surface area contributed by atoms with E-state index in [0.29, 0.717) is 0 Å². The quantitative estimate of drug-likeness (QED) is 0.781. The van der Waals surface area contributed by atoms with Crippen LogP contribution in [0.15, 0.2) is 66.9 Å². The van der Waals surface area contributed by atoms with Crippen molar-refractivity contribution in [2.24, 2.45) is 5.73 Å². The number of nitrogens with zero attached hydrogens (tertiary/aromatic N) is 1. The smallest absolute Gasteiger partial charge is 0.0705 e. The second kappa shape index (κ2) is 5.66. The molecule has 0 spiro atoms. The van der Waals surface area contributed by atoms with Crippen LogP contribution >= 0.6 is 0 Å². The number of aromatic nitrogens is 1. The Hall–Kier alpha value is -2.19. The molecule has 0 radical (unpaired) electrons. The maximum atomic E-state index is 6.79. The van der Waals surface area contributed by atoms with E-state index in [2.05, 4.69) is 48.3 Å². The molecule has 2 nitrogen and oxygen atoms in total. The SMILES string of the molecule is CCC(N)(Cc1ccccc1)c1cccc2ncccc12. The van der Waals surface area contributed by atoms with Gasteiger partial charge in [-0.25, -0.2) is 0 Å². The van der Waals surface area contributed by atoms with Crippen LogP contribution in [0.25, 0.3) is 10.9 Å². The largest absolute Gasteiger partial charge is 0.321 e. The molecule has 2 aromatic carbocycles. The number of rotatable bonds is 4. The number of nitrogens with two attached hydrogens (primary N) is 1. The first-order valence-electron chi connectivity index (χ1n) is 7.40. The standard InChI is InChI=1S/C19H20N2/c1-2-19(20,14-15-8-4-3-5-9-15)17-11-6-12-18-16(17)10-7-13-21-18/h3-13H,2,14,20H2,1H3. The van der Waals surface area contributed by atoms with Crippen LogP contribution in [0.1, 0.15) is 24.5 Å². The topological polar surface area (TPSA) is 38.9 Å². The van der Waals surface area contributed by atoms with Crippen LogP contribution in [0.4, 0.5) is 0 Å². The molecule has 0 amide bonds. The Bertz CT molecular complexity index is 731. The third-order valence-corrected chi connectivity index (χ3v) is 4.18. The van der Waals surface area contributed by atoms with Crippen molar-refractivity contribution in [3.8, 4) is 0 Å². The predicted octanol–water partition coefficient (Wildman–Crippen LogP) is 4.04. The summed E-state index contributed by atoms with van der Waals surface area (Å²) in [5, 5.41) is 1.15. The van der Waals surface area contributed by atoms with Crippen molar-refractivity contribution in [3.05, 3.63) is 78.0 Å². The van der Waals surface area contributed by atoms with Gasteiger partial charge in [0.05, 0.1) is 5.52 Å². The summed E-state index contributed by atoms with van der Waals surface area (Å²) in [6.07, 6.45) is 3.54. The summed E-state index contributed by atoms with van der Waals surface area (Å²) >= 11 is 0. The first-order chi connectivity index (χ1) is 10.2. The maximum Gasteiger partial charge on any atom is 0.0705 e. The van der Waals surface area contributed by atoms with Crippen LogP contribution in [-0.2, 0) is 12.0 Å². The molecule has 3 aromatic rings. The number of benzene rings is 2. The normalized spacial score (nSPS) is 14.0. The number of pyridine rings is 1. The zero-order valence-electron chi connectivity index (χ0n) is 12.3. The van der Waals surface area contributed by atoms with Gasteiger partial charge in [0, 0.05) is 17.1 Å². The average Bonchev–Trinajstić information content (AvgIpc) is 2.55. The minimum Gasteiger partial charge on any atom is -0.321 e. The Morgan fingerprint density at radius 2 is 1.76 bits per heavy atom. The van der Waals surface area contributed by atoms with Gasteiger partial charge in [-0.2, -0.15) is 0 Å². The molecule has 1 atom stereocenters. The fourth-order valence-electron chi connectivity index (χ4n) is 2.91. The Morgan fingerprint density at radius 1 is 0.952 bits per heavy atom. The van der Waals surface area contributed by atoms with Crippen LogP contribution < -0.4 is 5.73 Å². The van der Waals surface area contributed by atoms with Gasteiger partial charge < -0.3 is 5.73 Å². The zero-order valence-corrected chi connectivity index (χ0v) is 12.3. The Balaban J connectivity index is 2.09.